The van der Waals surface area contributed by atoms with Crippen molar-refractivity contribution in [3.8, 4) is 0 Å². The summed E-state index contributed by atoms with van der Waals surface area (Å²) in [5, 5.41) is 0.473. The zero-order valence-corrected chi connectivity index (χ0v) is 10.9. The van der Waals surface area contributed by atoms with Crippen molar-refractivity contribution in [3.05, 3.63) is 39.4 Å². The molecule has 0 bridgehead atoms. The molecule has 0 fully saturated rings. The molecule has 1 aromatic heterocycles. The van der Waals surface area contributed by atoms with Crippen molar-refractivity contribution in [2.75, 3.05) is 0 Å². The second kappa shape index (κ2) is 4.06. The number of aromatic amines is 1. The lowest BCUT2D eigenvalue weighted by atomic mass is 10.0. The van der Waals surface area contributed by atoms with Gasteiger partial charge in [-0.2, -0.15) is 0 Å². The van der Waals surface area contributed by atoms with E-state index < -0.39 is 11.4 Å². The molecule has 5 nitrogen and oxygen atoms in total. The molecule has 0 spiro atoms. The highest BCUT2D eigenvalue weighted by atomic mass is 32.1. The molecule has 1 amide bonds. The van der Waals surface area contributed by atoms with Crippen molar-refractivity contribution >= 4 is 29.0 Å². The number of aromatic nitrogens is 2. The Hall–Kier alpha value is -1.95. The van der Waals surface area contributed by atoms with Crippen LogP contribution in [-0.2, 0) is 10.3 Å². The van der Waals surface area contributed by atoms with Crippen LogP contribution in [0.25, 0.3) is 10.9 Å². The van der Waals surface area contributed by atoms with E-state index in [0.29, 0.717) is 10.9 Å². The van der Waals surface area contributed by atoms with Crippen LogP contribution in [0.3, 0.4) is 0 Å². The zero-order valence-electron chi connectivity index (χ0n) is 10.1. The average Bonchev–Trinajstić information content (AvgIpc) is 2.28. The fourth-order valence-corrected chi connectivity index (χ4v) is 2.20. The van der Waals surface area contributed by atoms with E-state index in [4.69, 9.17) is 18.0 Å². The van der Waals surface area contributed by atoms with Crippen LogP contribution in [0, 0.1) is 4.77 Å². The van der Waals surface area contributed by atoms with Gasteiger partial charge in [0.15, 0.2) is 4.77 Å². The van der Waals surface area contributed by atoms with Gasteiger partial charge in [0.25, 0.3) is 5.56 Å². The minimum absolute atomic E-state index is 0.183. The number of nitrogens with one attached hydrogen (secondary N) is 1. The number of nitrogens with two attached hydrogens (primary N) is 1. The van der Waals surface area contributed by atoms with E-state index in [0.717, 1.165) is 0 Å². The van der Waals surface area contributed by atoms with Crippen LogP contribution in [-0.4, -0.2) is 15.5 Å². The summed E-state index contributed by atoms with van der Waals surface area (Å²) in [6.07, 6.45) is 0. The summed E-state index contributed by atoms with van der Waals surface area (Å²) in [5.41, 5.74) is 4.47. The molecule has 0 saturated heterocycles. The molecular formula is C12H13N3O2S. The summed E-state index contributed by atoms with van der Waals surface area (Å²) in [6.45, 7) is 3.13. The second-order valence-corrected chi connectivity index (χ2v) is 4.93. The standard InChI is InChI=1S/C12H13N3O2S/c1-12(2,10(13)17)15-9(16)7-5-3-4-6-8(7)14-11(15)18/h3-6H,1-2H3,(H2,13,17)(H,14,18). The maximum atomic E-state index is 12.4. The molecule has 1 heterocycles. The van der Waals surface area contributed by atoms with Gasteiger partial charge in [0.05, 0.1) is 10.9 Å². The van der Waals surface area contributed by atoms with E-state index in [1.54, 1.807) is 38.1 Å². The van der Waals surface area contributed by atoms with Crippen molar-refractivity contribution in [2.24, 2.45) is 5.73 Å². The Balaban J connectivity index is 2.94. The third-order valence-corrected chi connectivity index (χ3v) is 3.25. The topological polar surface area (TPSA) is 80.9 Å². The smallest absolute Gasteiger partial charge is 0.263 e. The first-order chi connectivity index (χ1) is 8.35. The third kappa shape index (κ3) is 1.74. The number of benzene rings is 1. The molecule has 0 saturated carbocycles. The van der Waals surface area contributed by atoms with Gasteiger partial charge in [-0.05, 0) is 38.2 Å². The summed E-state index contributed by atoms with van der Waals surface area (Å²) < 4.78 is 1.40. The van der Waals surface area contributed by atoms with Crippen LogP contribution in [0.2, 0.25) is 0 Å². The number of H-pyrrole nitrogens is 1. The number of fused-ring (bicyclic) bond motifs is 1. The summed E-state index contributed by atoms with van der Waals surface area (Å²) in [6, 6.07) is 6.99. The van der Waals surface area contributed by atoms with Crippen molar-refractivity contribution in [3.63, 3.8) is 0 Å². The van der Waals surface area contributed by atoms with E-state index in [1.165, 1.54) is 4.57 Å². The van der Waals surface area contributed by atoms with Gasteiger partial charge in [-0.3, -0.25) is 14.2 Å². The summed E-state index contributed by atoms with van der Waals surface area (Å²) in [4.78, 5) is 26.8. The normalized spacial score (nSPS) is 11.7. The number of rotatable bonds is 2. The summed E-state index contributed by atoms with van der Waals surface area (Å²) in [7, 11) is 0. The SMILES string of the molecule is CC(C)(C(N)=O)n1c(=S)[nH]c2ccccc2c1=O. The average molecular weight is 263 g/mol. The van der Waals surface area contributed by atoms with E-state index in [-0.39, 0.29) is 10.3 Å². The summed E-state index contributed by atoms with van der Waals surface area (Å²) >= 11 is 5.13. The molecule has 18 heavy (non-hydrogen) atoms. The van der Waals surface area contributed by atoms with E-state index >= 15 is 0 Å². The Morgan fingerprint density at radius 1 is 1.39 bits per heavy atom. The van der Waals surface area contributed by atoms with Crippen LogP contribution >= 0.6 is 12.2 Å². The lowest BCUT2D eigenvalue weighted by Crippen LogP contribution is -2.47. The van der Waals surface area contributed by atoms with Crippen LogP contribution < -0.4 is 11.3 Å². The van der Waals surface area contributed by atoms with Gasteiger partial charge in [0.2, 0.25) is 5.91 Å². The van der Waals surface area contributed by atoms with Crippen LogP contribution in [0.15, 0.2) is 29.1 Å². The number of hydrogen-bond acceptors (Lipinski definition) is 3. The van der Waals surface area contributed by atoms with E-state index in [1.807, 2.05) is 0 Å². The molecule has 2 rings (SSSR count). The quantitative estimate of drug-likeness (QED) is 0.801. The van der Waals surface area contributed by atoms with E-state index in [2.05, 4.69) is 4.98 Å². The fourth-order valence-electron chi connectivity index (χ4n) is 1.78. The molecule has 0 unspecified atom stereocenters. The lowest BCUT2D eigenvalue weighted by Gasteiger charge is -2.23. The third-order valence-electron chi connectivity index (χ3n) is 2.97. The molecule has 6 heteroatoms. The molecular weight excluding hydrogens is 250 g/mol. The number of carbonyl (C=O) groups excluding carboxylic acids is 1. The Morgan fingerprint density at radius 3 is 2.61 bits per heavy atom. The van der Waals surface area contributed by atoms with Gasteiger partial charge < -0.3 is 10.7 Å². The first-order valence-electron chi connectivity index (χ1n) is 5.40. The lowest BCUT2D eigenvalue weighted by molar-refractivity contribution is -0.125. The first-order valence-corrected chi connectivity index (χ1v) is 5.81. The van der Waals surface area contributed by atoms with Crippen LogP contribution in [0.4, 0.5) is 0 Å². The Morgan fingerprint density at radius 2 is 2.00 bits per heavy atom. The Labute approximate surface area is 108 Å². The number of primary amides is 1. The maximum absolute atomic E-state index is 12.4. The van der Waals surface area contributed by atoms with Crippen molar-refractivity contribution in [1.82, 2.24) is 9.55 Å². The highest BCUT2D eigenvalue weighted by Crippen LogP contribution is 2.14. The Kier molecular flexibility index (Phi) is 2.82. The minimum Gasteiger partial charge on any atom is -0.368 e. The number of nitrogens with zero attached hydrogens (tertiary/aromatic N) is 1. The van der Waals surface area contributed by atoms with Crippen molar-refractivity contribution in [1.29, 1.82) is 0 Å². The number of para-hydroxylation sites is 1. The predicted octanol–water partition coefficient (Wildman–Crippen LogP) is 1.28. The molecule has 2 aromatic rings. The number of amides is 1. The first kappa shape index (κ1) is 12.5. The predicted molar refractivity (Wildman–Crippen MR) is 71.9 cm³/mol. The zero-order chi connectivity index (χ0) is 13.5. The van der Waals surface area contributed by atoms with Gasteiger partial charge >= 0.3 is 0 Å². The molecule has 0 aliphatic rings. The molecule has 94 valence electrons. The van der Waals surface area contributed by atoms with Crippen LogP contribution in [0.5, 0.6) is 0 Å². The highest BCUT2D eigenvalue weighted by Gasteiger charge is 2.29. The fraction of sp³-hybridized carbons (Fsp3) is 0.250. The minimum atomic E-state index is -1.17. The second-order valence-electron chi connectivity index (χ2n) is 4.54. The van der Waals surface area contributed by atoms with Crippen LogP contribution in [0.1, 0.15) is 13.8 Å². The van der Waals surface area contributed by atoms with Gasteiger partial charge in [0.1, 0.15) is 5.54 Å². The van der Waals surface area contributed by atoms with E-state index in [9.17, 15) is 9.59 Å². The van der Waals surface area contributed by atoms with Gasteiger partial charge in [-0.1, -0.05) is 12.1 Å². The molecule has 0 atom stereocenters. The van der Waals surface area contributed by atoms with Crippen molar-refractivity contribution in [2.45, 2.75) is 19.4 Å². The van der Waals surface area contributed by atoms with Gasteiger partial charge in [-0.25, -0.2) is 0 Å². The maximum Gasteiger partial charge on any atom is 0.263 e. The molecule has 3 N–H and O–H groups in total. The molecule has 0 aliphatic heterocycles. The summed E-state index contributed by atoms with van der Waals surface area (Å²) in [5.74, 6) is -0.612. The van der Waals surface area contributed by atoms with Gasteiger partial charge in [-0.15, -0.1) is 0 Å². The molecule has 1 aromatic carbocycles. The Bertz CT molecular complexity index is 743. The highest BCUT2D eigenvalue weighted by molar-refractivity contribution is 7.71. The monoisotopic (exact) mass is 263 g/mol. The largest absolute Gasteiger partial charge is 0.368 e. The van der Waals surface area contributed by atoms with Crippen molar-refractivity contribution < 1.29 is 4.79 Å². The molecule has 0 aliphatic carbocycles. The van der Waals surface area contributed by atoms with Gasteiger partial charge in [0, 0.05) is 0 Å². The number of hydrogen-bond donors (Lipinski definition) is 2. The number of carbonyl (C=O) groups is 1. The molecule has 0 radical (unpaired) electrons.